The number of hydrogen-bond acceptors (Lipinski definition) is 3. The molecule has 0 amide bonds. The van der Waals surface area contributed by atoms with Crippen molar-refractivity contribution < 1.29 is 8.42 Å². The monoisotopic (exact) mass is 281 g/mol. The van der Waals surface area contributed by atoms with Crippen molar-refractivity contribution in [2.75, 3.05) is 11.6 Å². The van der Waals surface area contributed by atoms with Crippen LogP contribution in [-0.2, 0) is 9.84 Å². The molecule has 1 aliphatic carbocycles. The molecule has 106 valence electrons. The van der Waals surface area contributed by atoms with Crippen molar-refractivity contribution in [3.8, 4) is 0 Å². The molecule has 0 saturated heterocycles. The van der Waals surface area contributed by atoms with Crippen LogP contribution in [0.3, 0.4) is 0 Å². The van der Waals surface area contributed by atoms with Crippen LogP contribution in [0.1, 0.15) is 39.0 Å². The van der Waals surface area contributed by atoms with Gasteiger partial charge < -0.3 is 5.32 Å². The van der Waals surface area contributed by atoms with Crippen molar-refractivity contribution in [3.63, 3.8) is 0 Å². The van der Waals surface area contributed by atoms with E-state index in [2.05, 4.69) is 12.2 Å². The lowest BCUT2D eigenvalue weighted by Gasteiger charge is -2.32. The molecule has 0 aromatic heterocycles. The van der Waals surface area contributed by atoms with E-state index in [1.165, 1.54) is 38.4 Å². The van der Waals surface area contributed by atoms with E-state index >= 15 is 0 Å². The van der Waals surface area contributed by atoms with Gasteiger partial charge in [-0.05, 0) is 37.0 Å². The fourth-order valence-corrected chi connectivity index (χ4v) is 3.58. The molecule has 0 radical (unpaired) electrons. The van der Waals surface area contributed by atoms with Gasteiger partial charge in [0.25, 0.3) is 0 Å². The third-order valence-electron chi connectivity index (χ3n) is 4.05. The summed E-state index contributed by atoms with van der Waals surface area (Å²) in [7, 11) is -3.13. The Hall–Kier alpha value is -1.03. The van der Waals surface area contributed by atoms with Crippen LogP contribution in [0.15, 0.2) is 29.2 Å². The van der Waals surface area contributed by atoms with Crippen LogP contribution in [0.4, 0.5) is 5.69 Å². The standard InChI is InChI=1S/C15H23NO2S/c1-3-12-7-4-5-10-15(12)16-13-8-6-9-14(11-13)19(2,17)18/h6,8-9,11-12,15-16H,3-5,7,10H2,1-2H3. The predicted octanol–water partition coefficient (Wildman–Crippen LogP) is 3.47. The fourth-order valence-electron chi connectivity index (χ4n) is 2.92. The normalized spacial score (nSPS) is 24.1. The Bertz CT molecular complexity index is 525. The lowest BCUT2D eigenvalue weighted by molar-refractivity contribution is 0.317. The topological polar surface area (TPSA) is 46.2 Å². The van der Waals surface area contributed by atoms with Crippen LogP contribution in [0.2, 0.25) is 0 Å². The highest BCUT2D eigenvalue weighted by molar-refractivity contribution is 7.90. The quantitative estimate of drug-likeness (QED) is 0.919. The molecule has 1 aromatic carbocycles. The lowest BCUT2D eigenvalue weighted by atomic mass is 9.83. The Balaban J connectivity index is 2.14. The molecule has 4 heteroatoms. The number of nitrogens with one attached hydrogen (secondary N) is 1. The van der Waals surface area contributed by atoms with Crippen LogP contribution in [0, 0.1) is 5.92 Å². The summed E-state index contributed by atoms with van der Waals surface area (Å²) in [6.07, 6.45) is 7.48. The molecule has 1 saturated carbocycles. The second-order valence-corrected chi connectivity index (χ2v) is 7.52. The van der Waals surface area contributed by atoms with Gasteiger partial charge in [0.2, 0.25) is 0 Å². The zero-order valence-electron chi connectivity index (χ0n) is 11.7. The number of rotatable bonds is 4. The van der Waals surface area contributed by atoms with Crippen molar-refractivity contribution in [1.29, 1.82) is 0 Å². The van der Waals surface area contributed by atoms with Crippen LogP contribution < -0.4 is 5.32 Å². The zero-order chi connectivity index (χ0) is 13.9. The summed E-state index contributed by atoms with van der Waals surface area (Å²) >= 11 is 0. The average Bonchev–Trinajstić information content (AvgIpc) is 2.39. The number of hydrogen-bond donors (Lipinski definition) is 1. The first kappa shape index (κ1) is 14.4. The third kappa shape index (κ3) is 3.72. The van der Waals surface area contributed by atoms with Gasteiger partial charge in [-0.25, -0.2) is 8.42 Å². The van der Waals surface area contributed by atoms with Crippen molar-refractivity contribution in [2.45, 2.75) is 50.0 Å². The zero-order valence-corrected chi connectivity index (χ0v) is 12.5. The second kappa shape index (κ2) is 5.95. The minimum atomic E-state index is -3.13. The van der Waals surface area contributed by atoms with Gasteiger partial charge in [0.1, 0.15) is 0 Å². The number of anilines is 1. The molecule has 1 aliphatic rings. The minimum absolute atomic E-state index is 0.390. The van der Waals surface area contributed by atoms with E-state index in [1.54, 1.807) is 12.1 Å². The summed E-state index contributed by atoms with van der Waals surface area (Å²) in [4.78, 5) is 0.390. The molecule has 0 heterocycles. The smallest absolute Gasteiger partial charge is 0.175 e. The average molecular weight is 281 g/mol. The van der Waals surface area contributed by atoms with Gasteiger partial charge in [0.05, 0.1) is 4.90 Å². The summed E-state index contributed by atoms with van der Waals surface area (Å²) in [5.41, 5.74) is 0.924. The Morgan fingerprint density at radius 1 is 1.26 bits per heavy atom. The third-order valence-corrected chi connectivity index (χ3v) is 5.16. The molecule has 1 fully saturated rings. The molecule has 1 aromatic rings. The van der Waals surface area contributed by atoms with Crippen molar-refractivity contribution in [1.82, 2.24) is 0 Å². The predicted molar refractivity (Wildman–Crippen MR) is 79.2 cm³/mol. The van der Waals surface area contributed by atoms with Crippen LogP contribution in [-0.4, -0.2) is 20.7 Å². The maximum atomic E-state index is 11.6. The molecule has 2 rings (SSSR count). The first-order valence-corrected chi connectivity index (χ1v) is 8.96. The van der Waals surface area contributed by atoms with E-state index in [4.69, 9.17) is 0 Å². The number of benzene rings is 1. The first-order chi connectivity index (χ1) is 9.00. The highest BCUT2D eigenvalue weighted by Crippen LogP contribution is 2.29. The molecule has 19 heavy (non-hydrogen) atoms. The summed E-state index contributed by atoms with van der Waals surface area (Å²) in [6, 6.07) is 7.64. The molecule has 0 spiro atoms. The molecule has 2 unspecified atom stereocenters. The molecule has 0 bridgehead atoms. The highest BCUT2D eigenvalue weighted by Gasteiger charge is 2.23. The van der Waals surface area contributed by atoms with Gasteiger partial charge in [-0.3, -0.25) is 0 Å². The molecular formula is C15H23NO2S. The van der Waals surface area contributed by atoms with E-state index in [-0.39, 0.29) is 0 Å². The van der Waals surface area contributed by atoms with Gasteiger partial charge in [0, 0.05) is 18.0 Å². The number of sulfone groups is 1. The second-order valence-electron chi connectivity index (χ2n) is 5.50. The fraction of sp³-hybridized carbons (Fsp3) is 0.600. The highest BCUT2D eigenvalue weighted by atomic mass is 32.2. The van der Waals surface area contributed by atoms with Gasteiger partial charge in [0.15, 0.2) is 9.84 Å². The van der Waals surface area contributed by atoms with E-state index in [0.29, 0.717) is 16.9 Å². The van der Waals surface area contributed by atoms with Gasteiger partial charge in [-0.1, -0.05) is 32.3 Å². The van der Waals surface area contributed by atoms with Crippen LogP contribution in [0.25, 0.3) is 0 Å². The van der Waals surface area contributed by atoms with E-state index in [1.807, 2.05) is 12.1 Å². The molecule has 1 N–H and O–H groups in total. The summed E-state index contributed by atoms with van der Waals surface area (Å²) < 4.78 is 23.1. The van der Waals surface area contributed by atoms with Crippen molar-refractivity contribution in [3.05, 3.63) is 24.3 Å². The Labute approximate surface area is 116 Å². The molecule has 0 aliphatic heterocycles. The molecule has 3 nitrogen and oxygen atoms in total. The maximum absolute atomic E-state index is 11.6. The first-order valence-electron chi connectivity index (χ1n) is 7.07. The summed E-state index contributed by atoms with van der Waals surface area (Å²) in [5.74, 6) is 0.704. The Morgan fingerprint density at radius 3 is 2.68 bits per heavy atom. The summed E-state index contributed by atoms with van der Waals surface area (Å²) in [5, 5.41) is 3.53. The largest absolute Gasteiger partial charge is 0.382 e. The molecule has 2 atom stereocenters. The summed E-state index contributed by atoms with van der Waals surface area (Å²) in [6.45, 7) is 2.23. The maximum Gasteiger partial charge on any atom is 0.175 e. The minimum Gasteiger partial charge on any atom is -0.382 e. The Kier molecular flexibility index (Phi) is 4.50. The van der Waals surface area contributed by atoms with Crippen molar-refractivity contribution in [2.24, 2.45) is 5.92 Å². The lowest BCUT2D eigenvalue weighted by Crippen LogP contribution is -2.31. The SMILES string of the molecule is CCC1CCCCC1Nc1cccc(S(C)(=O)=O)c1. The van der Waals surface area contributed by atoms with E-state index < -0.39 is 9.84 Å². The van der Waals surface area contributed by atoms with Crippen LogP contribution >= 0.6 is 0 Å². The molecular weight excluding hydrogens is 258 g/mol. The van der Waals surface area contributed by atoms with Crippen LogP contribution in [0.5, 0.6) is 0 Å². The Morgan fingerprint density at radius 2 is 2.00 bits per heavy atom. The van der Waals surface area contributed by atoms with Gasteiger partial charge in [-0.15, -0.1) is 0 Å². The van der Waals surface area contributed by atoms with Crippen molar-refractivity contribution >= 4 is 15.5 Å². The van der Waals surface area contributed by atoms with Gasteiger partial charge in [-0.2, -0.15) is 0 Å². The van der Waals surface area contributed by atoms with Gasteiger partial charge >= 0.3 is 0 Å². The van der Waals surface area contributed by atoms with E-state index in [9.17, 15) is 8.42 Å². The van der Waals surface area contributed by atoms with E-state index in [0.717, 1.165) is 5.69 Å².